The van der Waals surface area contributed by atoms with Gasteiger partial charge in [-0.15, -0.1) is 0 Å². The molecule has 0 saturated carbocycles. The van der Waals surface area contributed by atoms with Crippen molar-refractivity contribution in [1.82, 2.24) is 19.9 Å². The van der Waals surface area contributed by atoms with E-state index in [2.05, 4.69) is 25.3 Å². The molecule has 0 saturated heterocycles. The van der Waals surface area contributed by atoms with Crippen molar-refractivity contribution in [3.05, 3.63) is 39.3 Å². The lowest BCUT2D eigenvalue weighted by molar-refractivity contribution is -0.385. The van der Waals surface area contributed by atoms with E-state index in [4.69, 9.17) is 11.6 Å². The largest absolute Gasteiger partial charge is 0.364 e. The Kier molecular flexibility index (Phi) is 3.91. The summed E-state index contributed by atoms with van der Waals surface area (Å²) in [5.41, 5.74) is 0.995. The fourth-order valence-electron chi connectivity index (χ4n) is 1.61. The summed E-state index contributed by atoms with van der Waals surface area (Å²) in [4.78, 5) is 24.9. The van der Waals surface area contributed by atoms with Crippen molar-refractivity contribution in [2.45, 2.75) is 13.3 Å². The Morgan fingerprint density at radius 3 is 2.95 bits per heavy atom. The first kappa shape index (κ1) is 13.2. The average molecular weight is 283 g/mol. The van der Waals surface area contributed by atoms with E-state index in [1.54, 1.807) is 12.5 Å². The first-order chi connectivity index (χ1) is 9.08. The van der Waals surface area contributed by atoms with Crippen LogP contribution in [0.4, 0.5) is 11.5 Å². The summed E-state index contributed by atoms with van der Waals surface area (Å²) in [6.07, 6.45) is 3.90. The van der Waals surface area contributed by atoms with Crippen LogP contribution in [-0.2, 0) is 6.42 Å². The molecule has 0 atom stereocenters. The average Bonchev–Trinajstić information content (AvgIpc) is 2.80. The molecule has 2 aromatic rings. The van der Waals surface area contributed by atoms with E-state index in [9.17, 15) is 10.1 Å². The Balaban J connectivity index is 2.12. The van der Waals surface area contributed by atoms with E-state index in [-0.39, 0.29) is 22.5 Å². The van der Waals surface area contributed by atoms with E-state index >= 15 is 0 Å². The first-order valence-corrected chi connectivity index (χ1v) is 5.85. The molecule has 0 aromatic carbocycles. The number of aromatic amines is 1. The van der Waals surface area contributed by atoms with Crippen LogP contribution in [0.15, 0.2) is 12.5 Å². The predicted octanol–water partition coefficient (Wildman–Crippen LogP) is 1.72. The molecule has 0 aliphatic heterocycles. The highest BCUT2D eigenvalue weighted by molar-refractivity contribution is 6.28. The van der Waals surface area contributed by atoms with Crippen molar-refractivity contribution in [3.8, 4) is 0 Å². The van der Waals surface area contributed by atoms with E-state index in [1.807, 2.05) is 0 Å². The molecule has 2 heterocycles. The zero-order valence-corrected chi connectivity index (χ0v) is 10.8. The topological polar surface area (TPSA) is 110 Å². The minimum absolute atomic E-state index is 0.0212. The normalized spacial score (nSPS) is 10.4. The fraction of sp³-hybridized carbons (Fsp3) is 0.300. The van der Waals surface area contributed by atoms with E-state index in [1.165, 1.54) is 6.92 Å². The molecule has 0 unspecified atom stereocenters. The highest BCUT2D eigenvalue weighted by Crippen LogP contribution is 2.26. The summed E-state index contributed by atoms with van der Waals surface area (Å²) >= 11 is 5.70. The molecular weight excluding hydrogens is 272 g/mol. The van der Waals surface area contributed by atoms with E-state index in [0.717, 1.165) is 5.69 Å². The molecule has 2 N–H and O–H groups in total. The maximum absolute atomic E-state index is 11.0. The summed E-state index contributed by atoms with van der Waals surface area (Å²) in [6.45, 7) is 1.99. The van der Waals surface area contributed by atoms with Crippen LogP contribution in [0.3, 0.4) is 0 Å². The summed E-state index contributed by atoms with van der Waals surface area (Å²) in [6, 6.07) is 0. The monoisotopic (exact) mass is 282 g/mol. The third kappa shape index (κ3) is 3.16. The smallest absolute Gasteiger partial charge is 0.332 e. The SMILES string of the molecule is Cc1nc(Cl)nc(NCCc2cnc[nH]2)c1[N+](=O)[O-]. The van der Waals surface area contributed by atoms with Gasteiger partial charge in [-0.3, -0.25) is 10.1 Å². The van der Waals surface area contributed by atoms with Gasteiger partial charge in [0.05, 0.1) is 11.3 Å². The Labute approximate surface area is 113 Å². The molecule has 19 heavy (non-hydrogen) atoms. The number of nitrogens with one attached hydrogen (secondary N) is 2. The molecule has 9 heteroatoms. The predicted molar refractivity (Wildman–Crippen MR) is 69.2 cm³/mol. The molecular formula is C10H11ClN6O2. The Hall–Kier alpha value is -2.22. The third-order valence-corrected chi connectivity index (χ3v) is 2.62. The van der Waals surface area contributed by atoms with Crippen LogP contribution in [-0.4, -0.2) is 31.4 Å². The number of H-pyrrole nitrogens is 1. The number of anilines is 1. The highest BCUT2D eigenvalue weighted by atomic mass is 35.5. The Bertz CT molecular complexity index is 586. The number of nitro groups is 1. The molecule has 8 nitrogen and oxygen atoms in total. The number of imidazole rings is 1. The van der Waals surface area contributed by atoms with Gasteiger partial charge in [0.25, 0.3) is 0 Å². The van der Waals surface area contributed by atoms with Crippen LogP contribution in [0.5, 0.6) is 0 Å². The molecule has 0 aliphatic rings. The summed E-state index contributed by atoms with van der Waals surface area (Å²) < 4.78 is 0. The Morgan fingerprint density at radius 1 is 1.53 bits per heavy atom. The number of hydrogen-bond donors (Lipinski definition) is 2. The molecule has 0 bridgehead atoms. The molecule has 0 radical (unpaired) electrons. The van der Waals surface area contributed by atoms with Crippen molar-refractivity contribution >= 4 is 23.1 Å². The molecule has 2 aromatic heterocycles. The van der Waals surface area contributed by atoms with E-state index in [0.29, 0.717) is 13.0 Å². The molecule has 0 aliphatic carbocycles. The van der Waals surface area contributed by atoms with Crippen molar-refractivity contribution in [2.24, 2.45) is 0 Å². The van der Waals surface area contributed by atoms with Crippen LogP contribution < -0.4 is 5.32 Å². The van der Waals surface area contributed by atoms with Gasteiger partial charge in [0.15, 0.2) is 0 Å². The van der Waals surface area contributed by atoms with Gasteiger partial charge in [0.1, 0.15) is 5.69 Å². The number of hydrogen-bond acceptors (Lipinski definition) is 6. The van der Waals surface area contributed by atoms with Crippen molar-refractivity contribution in [3.63, 3.8) is 0 Å². The van der Waals surface area contributed by atoms with Gasteiger partial charge >= 0.3 is 5.69 Å². The number of nitrogens with zero attached hydrogens (tertiary/aromatic N) is 4. The maximum atomic E-state index is 11.0. The van der Waals surface area contributed by atoms with Crippen molar-refractivity contribution in [2.75, 3.05) is 11.9 Å². The van der Waals surface area contributed by atoms with Crippen LogP contribution in [0.1, 0.15) is 11.4 Å². The van der Waals surface area contributed by atoms with Crippen LogP contribution in [0.2, 0.25) is 5.28 Å². The highest BCUT2D eigenvalue weighted by Gasteiger charge is 2.21. The zero-order chi connectivity index (χ0) is 13.8. The lowest BCUT2D eigenvalue weighted by atomic mass is 10.3. The number of aryl methyl sites for hydroxylation is 1. The first-order valence-electron chi connectivity index (χ1n) is 5.47. The molecule has 0 spiro atoms. The minimum Gasteiger partial charge on any atom is -0.364 e. The number of halogens is 1. The fourth-order valence-corrected chi connectivity index (χ4v) is 1.82. The van der Waals surface area contributed by atoms with Gasteiger partial charge in [-0.2, -0.15) is 4.98 Å². The third-order valence-electron chi connectivity index (χ3n) is 2.46. The second kappa shape index (κ2) is 5.61. The van der Waals surface area contributed by atoms with Crippen LogP contribution >= 0.6 is 11.6 Å². The second-order valence-electron chi connectivity index (χ2n) is 3.79. The maximum Gasteiger partial charge on any atom is 0.332 e. The summed E-state index contributed by atoms with van der Waals surface area (Å²) in [5.74, 6) is 0.127. The number of aromatic nitrogens is 4. The molecule has 2 rings (SSSR count). The standard InChI is InChI=1S/C10H11ClN6O2/c1-6-8(17(18)19)9(16-10(11)15-6)13-3-2-7-4-12-5-14-7/h4-5H,2-3H2,1H3,(H,12,14)(H,13,15,16). The lowest BCUT2D eigenvalue weighted by Gasteiger charge is -2.07. The molecule has 0 fully saturated rings. The zero-order valence-electron chi connectivity index (χ0n) is 10.1. The minimum atomic E-state index is -0.524. The lowest BCUT2D eigenvalue weighted by Crippen LogP contribution is -2.10. The van der Waals surface area contributed by atoms with Crippen molar-refractivity contribution < 1.29 is 4.92 Å². The number of rotatable bonds is 5. The van der Waals surface area contributed by atoms with Gasteiger partial charge in [-0.05, 0) is 18.5 Å². The van der Waals surface area contributed by atoms with Gasteiger partial charge in [0.2, 0.25) is 11.1 Å². The van der Waals surface area contributed by atoms with Crippen molar-refractivity contribution in [1.29, 1.82) is 0 Å². The Morgan fingerprint density at radius 2 is 2.32 bits per heavy atom. The quantitative estimate of drug-likeness (QED) is 0.491. The second-order valence-corrected chi connectivity index (χ2v) is 4.12. The van der Waals surface area contributed by atoms with Crippen LogP contribution in [0.25, 0.3) is 0 Å². The van der Waals surface area contributed by atoms with Gasteiger partial charge in [-0.25, -0.2) is 9.97 Å². The van der Waals surface area contributed by atoms with Gasteiger partial charge in [0, 0.05) is 24.9 Å². The van der Waals surface area contributed by atoms with E-state index < -0.39 is 4.92 Å². The summed E-state index contributed by atoms with van der Waals surface area (Å²) in [5, 5.41) is 13.8. The van der Waals surface area contributed by atoms with Crippen LogP contribution in [0, 0.1) is 17.0 Å². The molecule has 100 valence electrons. The van der Waals surface area contributed by atoms with Gasteiger partial charge < -0.3 is 10.3 Å². The molecule has 0 amide bonds. The van der Waals surface area contributed by atoms with Gasteiger partial charge in [-0.1, -0.05) is 0 Å². The summed E-state index contributed by atoms with van der Waals surface area (Å²) in [7, 11) is 0.